The zero-order chi connectivity index (χ0) is 103. The van der Waals surface area contributed by atoms with Gasteiger partial charge in [0.1, 0.15) is 0 Å². The molecule has 0 N–H and O–H groups in total. The molecule has 0 aliphatic carbocycles. The summed E-state index contributed by atoms with van der Waals surface area (Å²) in [5, 5.41) is 5.02. The second kappa shape index (κ2) is 60.7. The highest BCUT2D eigenvalue weighted by molar-refractivity contribution is 5.99. The largest absolute Gasteiger partial charge is 0.311 e. The molecule has 144 heavy (non-hydrogen) atoms. The summed E-state index contributed by atoms with van der Waals surface area (Å²) in [4.78, 5) is 13.8. The van der Waals surface area contributed by atoms with Crippen molar-refractivity contribution in [2.24, 2.45) is 0 Å². The van der Waals surface area contributed by atoms with Crippen LogP contribution in [-0.4, -0.2) is 0 Å². The molecule has 20 aromatic rings. The molecule has 6 heteroatoms. The Kier molecular flexibility index (Phi) is 46.9. The quantitative estimate of drug-likeness (QED) is 0.0847. The molecule has 0 saturated carbocycles. The Morgan fingerprint density at radius 3 is 0.660 bits per heavy atom. The van der Waals surface area contributed by atoms with E-state index in [4.69, 9.17) is 0 Å². The Morgan fingerprint density at radius 2 is 0.326 bits per heavy atom. The summed E-state index contributed by atoms with van der Waals surface area (Å²) in [5.41, 5.74) is 34.0. The number of aryl methyl sites for hydroxylation is 10. The van der Waals surface area contributed by atoms with Gasteiger partial charge in [-0.1, -0.05) is 404 Å². The van der Waals surface area contributed by atoms with Gasteiger partial charge in [0.05, 0.1) is 5.69 Å². The predicted molar refractivity (Wildman–Crippen MR) is 637 cm³/mol. The first-order valence-corrected chi connectivity index (χ1v) is 51.4. The summed E-state index contributed by atoms with van der Waals surface area (Å²) >= 11 is 0. The van der Waals surface area contributed by atoms with Crippen molar-refractivity contribution in [3.05, 3.63) is 565 Å². The highest BCUT2D eigenvalue weighted by Gasteiger charge is 2.21. The van der Waals surface area contributed by atoms with Crippen LogP contribution in [0.3, 0.4) is 0 Å². The van der Waals surface area contributed by atoms with E-state index in [-0.39, 0.29) is 0 Å². The predicted octanol–water partition coefficient (Wildman–Crippen LogP) is 42.5. The van der Waals surface area contributed by atoms with E-state index in [1.807, 2.05) is 107 Å². The molecule has 0 fully saturated rings. The first-order chi connectivity index (χ1) is 70.6. The second-order valence-corrected chi connectivity index (χ2v) is 33.3. The smallest absolute Gasteiger partial charge is 0.0540 e. The van der Waals surface area contributed by atoms with Crippen LogP contribution in [0.4, 0.5) is 102 Å². The van der Waals surface area contributed by atoms with Gasteiger partial charge in [0, 0.05) is 102 Å². The molecule has 0 atom stereocenters. The van der Waals surface area contributed by atoms with Crippen LogP contribution < -0.4 is 29.4 Å². The fourth-order valence-corrected chi connectivity index (χ4v) is 16.7. The molecule has 6 nitrogen and oxygen atoms in total. The fourth-order valence-electron chi connectivity index (χ4n) is 16.7. The molecule has 0 saturated heterocycles. The Balaban J connectivity index is 0.000000188. The third-order valence-corrected chi connectivity index (χ3v) is 22.9. The van der Waals surface area contributed by atoms with Crippen LogP contribution in [0.5, 0.6) is 0 Å². The molecular weight excluding hydrogens is 1740 g/mol. The summed E-state index contributed by atoms with van der Waals surface area (Å²) in [7, 11) is 0. The van der Waals surface area contributed by atoms with Crippen molar-refractivity contribution >= 4 is 124 Å². The molecule has 0 heterocycles. The Morgan fingerprint density at radius 1 is 0.111 bits per heavy atom. The standard InChI is InChI=1S/2C22H17N.C22H23N.3C20H19N.6C2H6/c1-3-12-19(13-4-1)23(20-14-5-2-6-15-20)22-17-9-11-18-10-7-8-16-21(18)22;1-3-11-20(12-4-1)23(21-13-5-2-6-14-21)22-16-15-18-9-7-8-10-19(18)17-22;1-16-10-17(2)13-21(12-16)23(20-8-6-5-7-9-20)22-14-18(3)11-19(4)15-22;1-16-10-6-8-14-19(16)21(18-12-4-3-5-13-18)20-15-9-7-11-17(20)2;1-16-8-6-12-19(14-16)21(18-10-4-3-5-11-18)20-13-7-9-17(2)15-20;1-16-8-12-19(13-9-16)21(18-6-4-3-5-7-18)20-14-10-17(2)11-15-20;6*1-2/h2*1-17H;5-15H,1-4H3;3*3-15H,1-2H3;6*1-2H3. The van der Waals surface area contributed by atoms with E-state index in [0.29, 0.717) is 0 Å². The van der Waals surface area contributed by atoms with Gasteiger partial charge >= 0.3 is 0 Å². The lowest BCUT2D eigenvalue weighted by Crippen LogP contribution is -2.12. The van der Waals surface area contributed by atoms with Crippen LogP contribution in [0.2, 0.25) is 0 Å². The molecule has 20 rings (SSSR count). The molecule has 0 spiro atoms. The molecule has 0 aliphatic heterocycles. The lowest BCUT2D eigenvalue weighted by Gasteiger charge is -2.28. The lowest BCUT2D eigenvalue weighted by molar-refractivity contribution is 1.23. The van der Waals surface area contributed by atoms with E-state index >= 15 is 0 Å². The van der Waals surface area contributed by atoms with E-state index in [0.717, 1.165) is 22.7 Å². The Hall–Kier alpha value is -16.3. The van der Waals surface area contributed by atoms with Crippen LogP contribution in [0, 0.1) is 69.2 Å². The average Bonchev–Trinajstić information content (AvgIpc) is 0.769. The molecule has 0 unspecified atom stereocenters. The van der Waals surface area contributed by atoms with Gasteiger partial charge in [-0.3, -0.25) is 0 Å². The zero-order valence-electron chi connectivity index (χ0n) is 89.2. The van der Waals surface area contributed by atoms with Crippen LogP contribution in [0.25, 0.3) is 21.5 Å². The minimum Gasteiger partial charge on any atom is -0.311 e. The summed E-state index contributed by atoms with van der Waals surface area (Å²) in [5.74, 6) is 0. The van der Waals surface area contributed by atoms with E-state index in [1.165, 1.54) is 157 Å². The number of para-hydroxylation sites is 10. The van der Waals surface area contributed by atoms with Crippen molar-refractivity contribution in [2.75, 3.05) is 29.4 Å². The number of hydrogen-bond donors (Lipinski definition) is 0. The number of rotatable bonds is 18. The molecule has 0 radical (unpaired) electrons. The normalized spacial score (nSPS) is 9.88. The zero-order valence-corrected chi connectivity index (χ0v) is 89.2. The third-order valence-electron chi connectivity index (χ3n) is 22.9. The van der Waals surface area contributed by atoms with Gasteiger partial charge in [-0.05, 0) is 330 Å². The topological polar surface area (TPSA) is 19.4 Å². The Labute approximate surface area is 864 Å². The van der Waals surface area contributed by atoms with Crippen molar-refractivity contribution in [1.29, 1.82) is 0 Å². The van der Waals surface area contributed by atoms with Crippen molar-refractivity contribution in [1.82, 2.24) is 0 Å². The summed E-state index contributed by atoms with van der Waals surface area (Å²) in [6.07, 6.45) is 0. The minimum absolute atomic E-state index is 1.16. The van der Waals surface area contributed by atoms with E-state index in [1.54, 1.807) is 0 Å². The third kappa shape index (κ3) is 32.1. The summed E-state index contributed by atoms with van der Waals surface area (Å²) in [6, 6.07) is 179. The van der Waals surface area contributed by atoms with Crippen LogP contribution in [0.1, 0.15) is 139 Å². The van der Waals surface area contributed by atoms with E-state index < -0.39 is 0 Å². The number of anilines is 18. The van der Waals surface area contributed by atoms with Gasteiger partial charge in [0.2, 0.25) is 0 Å². The Bertz CT molecular complexity index is 6680. The number of fused-ring (bicyclic) bond motifs is 2. The van der Waals surface area contributed by atoms with Crippen molar-refractivity contribution < 1.29 is 0 Å². The molecule has 0 bridgehead atoms. The number of benzene rings is 20. The second-order valence-electron chi connectivity index (χ2n) is 33.3. The first kappa shape index (κ1) is 111. The summed E-state index contributed by atoms with van der Waals surface area (Å²) in [6.45, 7) is 45.4. The lowest BCUT2D eigenvalue weighted by atomic mass is 10.1. The first-order valence-electron chi connectivity index (χ1n) is 51.4. The van der Waals surface area contributed by atoms with Gasteiger partial charge in [-0.2, -0.15) is 0 Å². The molecule has 0 aliphatic rings. The van der Waals surface area contributed by atoms with Gasteiger partial charge in [-0.15, -0.1) is 0 Å². The summed E-state index contributed by atoms with van der Waals surface area (Å²) < 4.78 is 0. The molecule has 732 valence electrons. The maximum absolute atomic E-state index is 2.33. The van der Waals surface area contributed by atoms with Gasteiger partial charge in [0.15, 0.2) is 0 Å². The van der Waals surface area contributed by atoms with Crippen molar-refractivity contribution in [3.63, 3.8) is 0 Å². The van der Waals surface area contributed by atoms with Crippen molar-refractivity contribution in [2.45, 2.75) is 152 Å². The SMILES string of the molecule is CC.CC.CC.CC.CC.CC.Cc1cc(C)cc(N(c2ccccc2)c2cc(C)cc(C)c2)c1.Cc1ccc(N(c2ccccc2)c2ccc(C)cc2)cc1.Cc1cccc(N(c2ccccc2)c2cccc(C)c2)c1.Cc1ccccc1N(c1ccccc1)c1ccccc1C.c1ccc(N(c2ccccc2)c2ccc3ccccc3c2)cc1.c1ccc(N(c2ccccc2)c2cccc3ccccc23)cc1. The number of nitrogens with zero attached hydrogens (tertiary/aromatic N) is 6. The monoisotopic (exact) mass is 1890 g/mol. The van der Waals surface area contributed by atoms with Gasteiger partial charge in [-0.25, -0.2) is 0 Å². The maximum atomic E-state index is 2.33. The van der Waals surface area contributed by atoms with E-state index in [2.05, 4.69) is 584 Å². The van der Waals surface area contributed by atoms with E-state index in [9.17, 15) is 0 Å². The number of hydrogen-bond acceptors (Lipinski definition) is 6. The average molecular weight is 1890 g/mol. The fraction of sp³-hybridized carbons (Fsp3) is 0.159. The van der Waals surface area contributed by atoms with Crippen LogP contribution >= 0.6 is 0 Å². The molecule has 20 aromatic carbocycles. The molecular formula is C138H150N6. The highest BCUT2D eigenvalue weighted by Crippen LogP contribution is 2.44. The van der Waals surface area contributed by atoms with Crippen molar-refractivity contribution in [3.8, 4) is 0 Å². The van der Waals surface area contributed by atoms with Gasteiger partial charge in [0.25, 0.3) is 0 Å². The highest BCUT2D eigenvalue weighted by atomic mass is 15.2. The van der Waals surface area contributed by atoms with Crippen LogP contribution in [-0.2, 0) is 0 Å². The van der Waals surface area contributed by atoms with Crippen LogP contribution in [0.15, 0.2) is 510 Å². The van der Waals surface area contributed by atoms with Gasteiger partial charge < -0.3 is 29.4 Å². The molecule has 0 amide bonds. The minimum atomic E-state index is 1.16. The maximum Gasteiger partial charge on any atom is 0.0540 e. The molecule has 0 aromatic heterocycles.